The predicted molar refractivity (Wildman–Crippen MR) is 79.4 cm³/mol. The molecule has 0 fully saturated rings. The van der Waals surface area contributed by atoms with Crippen LogP contribution in [0.3, 0.4) is 0 Å². The van der Waals surface area contributed by atoms with Gasteiger partial charge in [0.05, 0.1) is 10.9 Å². The summed E-state index contributed by atoms with van der Waals surface area (Å²) in [6.45, 7) is 1.67. The summed E-state index contributed by atoms with van der Waals surface area (Å²) in [6, 6.07) is 4.41. The number of rotatable bonds is 6. The molecule has 5 nitrogen and oxygen atoms in total. The van der Waals surface area contributed by atoms with Crippen molar-refractivity contribution in [2.75, 3.05) is 14.2 Å². The molecule has 0 heterocycles. The standard InChI is InChI=1S/C11H15Br2NO4S/c1-7(11(17-2)18-3)14-19(15,16)10-6-8(12)4-5-9(10)13/h4-7,11,14H,1-3H3. The van der Waals surface area contributed by atoms with Crippen LogP contribution < -0.4 is 4.72 Å². The smallest absolute Gasteiger partial charge is 0.242 e. The lowest BCUT2D eigenvalue weighted by atomic mass is 10.3. The fourth-order valence-electron chi connectivity index (χ4n) is 1.55. The Labute approximate surface area is 130 Å². The summed E-state index contributed by atoms with van der Waals surface area (Å²) in [5.41, 5.74) is 0. The van der Waals surface area contributed by atoms with Crippen molar-refractivity contribution in [3.63, 3.8) is 0 Å². The fourth-order valence-corrected chi connectivity index (χ4v) is 4.28. The molecule has 1 atom stereocenters. The van der Waals surface area contributed by atoms with Gasteiger partial charge in [0.15, 0.2) is 6.29 Å². The van der Waals surface area contributed by atoms with Gasteiger partial charge in [-0.3, -0.25) is 0 Å². The Morgan fingerprint density at radius 3 is 2.32 bits per heavy atom. The third-order valence-corrected chi connectivity index (χ3v) is 5.44. The number of nitrogens with one attached hydrogen (secondary N) is 1. The maximum Gasteiger partial charge on any atom is 0.242 e. The normalized spacial score (nSPS) is 13.8. The SMILES string of the molecule is COC(OC)C(C)NS(=O)(=O)c1cc(Br)ccc1Br. The molecule has 0 aliphatic rings. The van der Waals surface area contributed by atoms with Crippen LogP contribution in [0, 0.1) is 0 Å². The van der Waals surface area contributed by atoms with Gasteiger partial charge in [0.25, 0.3) is 0 Å². The molecule has 1 rings (SSSR count). The molecule has 0 amide bonds. The molecule has 0 aliphatic heterocycles. The van der Waals surface area contributed by atoms with Gasteiger partial charge in [-0.2, -0.15) is 0 Å². The monoisotopic (exact) mass is 415 g/mol. The van der Waals surface area contributed by atoms with Gasteiger partial charge in [0, 0.05) is 23.2 Å². The molecule has 1 aromatic carbocycles. The number of halogens is 2. The van der Waals surface area contributed by atoms with Gasteiger partial charge >= 0.3 is 0 Å². The second-order valence-electron chi connectivity index (χ2n) is 3.82. The van der Waals surface area contributed by atoms with Crippen molar-refractivity contribution in [2.24, 2.45) is 0 Å². The lowest BCUT2D eigenvalue weighted by Crippen LogP contribution is -2.42. The molecular formula is C11H15Br2NO4S. The highest BCUT2D eigenvalue weighted by molar-refractivity contribution is 9.11. The number of ether oxygens (including phenoxy) is 2. The predicted octanol–water partition coefficient (Wildman–Crippen LogP) is 2.50. The third kappa shape index (κ3) is 4.51. The summed E-state index contributed by atoms with van der Waals surface area (Å²) in [6.07, 6.45) is -0.652. The molecule has 0 bridgehead atoms. The van der Waals surface area contributed by atoms with Crippen molar-refractivity contribution >= 4 is 41.9 Å². The number of benzene rings is 1. The van der Waals surface area contributed by atoms with Gasteiger partial charge in [-0.15, -0.1) is 0 Å². The minimum Gasteiger partial charge on any atom is -0.354 e. The molecule has 1 unspecified atom stereocenters. The maximum absolute atomic E-state index is 12.3. The van der Waals surface area contributed by atoms with Crippen molar-refractivity contribution in [1.82, 2.24) is 4.72 Å². The first-order chi connectivity index (χ1) is 8.81. The zero-order chi connectivity index (χ0) is 14.6. The molecule has 0 saturated heterocycles. The molecule has 1 N–H and O–H groups in total. The van der Waals surface area contributed by atoms with E-state index in [1.54, 1.807) is 19.1 Å². The van der Waals surface area contributed by atoms with Crippen molar-refractivity contribution in [3.8, 4) is 0 Å². The van der Waals surface area contributed by atoms with Crippen LogP contribution in [-0.4, -0.2) is 35.0 Å². The first-order valence-corrected chi connectivity index (χ1v) is 8.41. The Morgan fingerprint density at radius 1 is 1.21 bits per heavy atom. The summed E-state index contributed by atoms with van der Waals surface area (Å²) in [4.78, 5) is 0.152. The van der Waals surface area contributed by atoms with Gasteiger partial charge in [-0.1, -0.05) is 15.9 Å². The Hall–Kier alpha value is 0.01000. The zero-order valence-corrected chi connectivity index (χ0v) is 14.7. The number of hydrogen-bond acceptors (Lipinski definition) is 4. The van der Waals surface area contributed by atoms with Crippen LogP contribution in [-0.2, 0) is 19.5 Å². The highest BCUT2D eigenvalue weighted by Crippen LogP contribution is 2.25. The summed E-state index contributed by atoms with van der Waals surface area (Å²) in [5, 5.41) is 0. The highest BCUT2D eigenvalue weighted by Gasteiger charge is 2.25. The van der Waals surface area contributed by atoms with E-state index in [0.717, 1.165) is 0 Å². The zero-order valence-electron chi connectivity index (χ0n) is 10.7. The highest BCUT2D eigenvalue weighted by atomic mass is 79.9. The minimum absolute atomic E-state index is 0.152. The Morgan fingerprint density at radius 2 is 1.79 bits per heavy atom. The quantitative estimate of drug-likeness (QED) is 0.723. The molecule has 0 spiro atoms. The van der Waals surface area contributed by atoms with Crippen molar-refractivity contribution in [1.29, 1.82) is 0 Å². The average Bonchev–Trinajstić information content (AvgIpc) is 2.33. The van der Waals surface area contributed by atoms with Crippen LogP contribution in [0.4, 0.5) is 0 Å². The summed E-state index contributed by atoms with van der Waals surface area (Å²) < 4.78 is 38.3. The largest absolute Gasteiger partial charge is 0.354 e. The van der Waals surface area contributed by atoms with Crippen LogP contribution in [0.25, 0.3) is 0 Å². The van der Waals surface area contributed by atoms with E-state index in [4.69, 9.17) is 9.47 Å². The Bertz CT molecular complexity index is 531. The Kier molecular flexibility index (Phi) is 6.41. The minimum atomic E-state index is -3.66. The van der Waals surface area contributed by atoms with Gasteiger partial charge in [0.1, 0.15) is 0 Å². The molecule has 108 valence electrons. The van der Waals surface area contributed by atoms with Crippen LogP contribution in [0.15, 0.2) is 32.0 Å². The van der Waals surface area contributed by atoms with E-state index in [1.807, 2.05) is 0 Å². The van der Waals surface area contributed by atoms with E-state index in [0.29, 0.717) is 8.95 Å². The van der Waals surface area contributed by atoms with Crippen LogP contribution in [0.5, 0.6) is 0 Å². The molecule has 0 saturated carbocycles. The van der Waals surface area contributed by atoms with E-state index in [9.17, 15) is 8.42 Å². The van der Waals surface area contributed by atoms with Crippen LogP contribution in [0.1, 0.15) is 6.92 Å². The molecule has 0 radical (unpaired) electrons. The first kappa shape index (κ1) is 17.1. The number of methoxy groups -OCH3 is 2. The van der Waals surface area contributed by atoms with E-state index in [1.165, 1.54) is 20.3 Å². The lowest BCUT2D eigenvalue weighted by molar-refractivity contribution is -0.115. The summed E-state index contributed by atoms with van der Waals surface area (Å²) >= 11 is 6.47. The molecule has 0 aliphatic carbocycles. The number of sulfonamides is 1. The molecule has 1 aromatic rings. The van der Waals surface area contributed by atoms with Crippen LogP contribution in [0.2, 0.25) is 0 Å². The Balaban J connectivity index is 3.01. The third-order valence-electron chi connectivity index (χ3n) is 2.40. The van der Waals surface area contributed by atoms with Gasteiger partial charge < -0.3 is 9.47 Å². The van der Waals surface area contributed by atoms with E-state index in [-0.39, 0.29) is 4.90 Å². The van der Waals surface area contributed by atoms with Crippen molar-refractivity contribution in [2.45, 2.75) is 24.2 Å². The number of hydrogen-bond donors (Lipinski definition) is 1. The van der Waals surface area contributed by atoms with E-state index < -0.39 is 22.4 Å². The second-order valence-corrected chi connectivity index (χ2v) is 7.28. The summed E-state index contributed by atoms with van der Waals surface area (Å²) in [5.74, 6) is 0. The summed E-state index contributed by atoms with van der Waals surface area (Å²) in [7, 11) is -0.760. The van der Waals surface area contributed by atoms with Gasteiger partial charge in [-0.25, -0.2) is 13.1 Å². The van der Waals surface area contributed by atoms with Gasteiger partial charge in [0.2, 0.25) is 10.0 Å². The lowest BCUT2D eigenvalue weighted by Gasteiger charge is -2.22. The maximum atomic E-state index is 12.3. The van der Waals surface area contributed by atoms with Crippen LogP contribution >= 0.6 is 31.9 Å². The van der Waals surface area contributed by atoms with E-state index in [2.05, 4.69) is 36.6 Å². The molecule has 8 heteroatoms. The second kappa shape index (κ2) is 7.14. The van der Waals surface area contributed by atoms with E-state index >= 15 is 0 Å². The first-order valence-electron chi connectivity index (χ1n) is 5.34. The molecule has 0 aromatic heterocycles. The average molecular weight is 417 g/mol. The van der Waals surface area contributed by atoms with Crippen molar-refractivity contribution in [3.05, 3.63) is 27.1 Å². The van der Waals surface area contributed by atoms with Gasteiger partial charge in [-0.05, 0) is 41.1 Å². The van der Waals surface area contributed by atoms with Crippen molar-refractivity contribution < 1.29 is 17.9 Å². The molecule has 19 heavy (non-hydrogen) atoms. The fraction of sp³-hybridized carbons (Fsp3) is 0.455. The topological polar surface area (TPSA) is 64.6 Å². The molecular weight excluding hydrogens is 402 g/mol.